The van der Waals surface area contributed by atoms with Crippen molar-refractivity contribution in [1.82, 2.24) is 9.36 Å². The fourth-order valence-corrected chi connectivity index (χ4v) is 1.78. The largest absolute Gasteiger partial charge is 0.301 e. The molecule has 0 spiro atoms. The quantitative estimate of drug-likeness (QED) is 0.871. The molecular weight excluding hydrogens is 229 g/mol. The van der Waals surface area contributed by atoms with E-state index in [1.54, 1.807) is 12.1 Å². The van der Waals surface area contributed by atoms with E-state index in [0.717, 1.165) is 11.5 Å². The first-order chi connectivity index (χ1) is 7.65. The highest BCUT2D eigenvalue weighted by molar-refractivity contribution is 7.10. The number of rotatable bonds is 2. The molecule has 1 aromatic heterocycles. The molecule has 0 aliphatic heterocycles. The molecule has 1 N–H and O–H groups in total. The van der Waals surface area contributed by atoms with Gasteiger partial charge in [-0.3, -0.25) is 4.79 Å². The molecular formula is C10H8FN3OS. The summed E-state index contributed by atoms with van der Waals surface area (Å²) in [7, 11) is 0. The second-order valence-corrected chi connectivity index (χ2v) is 3.86. The minimum Gasteiger partial charge on any atom is -0.301 e. The summed E-state index contributed by atoms with van der Waals surface area (Å²) >= 11 is 1.09. The molecule has 0 bridgehead atoms. The van der Waals surface area contributed by atoms with E-state index < -0.39 is 0 Å². The van der Waals surface area contributed by atoms with Gasteiger partial charge in [0, 0.05) is 24.0 Å². The van der Waals surface area contributed by atoms with Crippen LogP contribution in [0.2, 0.25) is 0 Å². The molecule has 16 heavy (non-hydrogen) atoms. The van der Waals surface area contributed by atoms with E-state index in [-0.39, 0.29) is 11.7 Å². The van der Waals surface area contributed by atoms with E-state index in [4.69, 9.17) is 0 Å². The van der Waals surface area contributed by atoms with Crippen molar-refractivity contribution in [2.45, 2.75) is 6.92 Å². The number of aromatic nitrogens is 2. The van der Waals surface area contributed by atoms with Crippen molar-refractivity contribution < 1.29 is 9.18 Å². The second-order valence-electron chi connectivity index (χ2n) is 3.11. The highest BCUT2D eigenvalue weighted by atomic mass is 32.1. The van der Waals surface area contributed by atoms with Gasteiger partial charge in [-0.1, -0.05) is 0 Å². The third-order valence-corrected chi connectivity index (χ3v) is 2.44. The summed E-state index contributed by atoms with van der Waals surface area (Å²) in [5.74, 6) is -0.0170. The molecule has 2 rings (SSSR count). The molecule has 0 radical (unpaired) electrons. The first-order valence-corrected chi connectivity index (χ1v) is 5.30. The third kappa shape index (κ3) is 2.40. The van der Waals surface area contributed by atoms with E-state index in [9.17, 15) is 9.18 Å². The monoisotopic (exact) mass is 237 g/mol. The average molecular weight is 237 g/mol. The lowest BCUT2D eigenvalue weighted by molar-refractivity contribution is -0.114. The van der Waals surface area contributed by atoms with Gasteiger partial charge in [0.05, 0.1) is 0 Å². The Bertz CT molecular complexity index is 509. The second kappa shape index (κ2) is 4.36. The zero-order valence-electron chi connectivity index (χ0n) is 8.40. The molecule has 0 unspecified atom stereocenters. The topological polar surface area (TPSA) is 54.9 Å². The van der Waals surface area contributed by atoms with Crippen LogP contribution in [-0.4, -0.2) is 15.3 Å². The van der Waals surface area contributed by atoms with Crippen LogP contribution in [0, 0.1) is 5.82 Å². The van der Waals surface area contributed by atoms with Crippen LogP contribution in [0.15, 0.2) is 24.3 Å². The SMILES string of the molecule is CC(=O)Nc1nc(-c2ccc(F)cc2)ns1. The lowest BCUT2D eigenvalue weighted by Gasteiger charge is -1.94. The molecule has 6 heteroatoms. The molecule has 0 atom stereocenters. The standard InChI is InChI=1S/C10H8FN3OS/c1-6(15)12-10-13-9(14-16-10)7-2-4-8(11)5-3-7/h2-5H,1H3,(H,12,13,14,15). The fourth-order valence-electron chi connectivity index (χ4n) is 1.14. The van der Waals surface area contributed by atoms with Crippen molar-refractivity contribution in [2.75, 3.05) is 5.32 Å². The highest BCUT2D eigenvalue weighted by Crippen LogP contribution is 2.21. The van der Waals surface area contributed by atoms with Crippen LogP contribution in [0.5, 0.6) is 0 Å². The molecule has 1 heterocycles. The van der Waals surface area contributed by atoms with Crippen molar-refractivity contribution in [1.29, 1.82) is 0 Å². The Hall–Kier alpha value is -1.82. The molecule has 82 valence electrons. The highest BCUT2D eigenvalue weighted by Gasteiger charge is 2.07. The van der Waals surface area contributed by atoms with E-state index in [1.165, 1.54) is 19.1 Å². The number of nitrogens with one attached hydrogen (secondary N) is 1. The van der Waals surface area contributed by atoms with Gasteiger partial charge in [0.15, 0.2) is 5.82 Å². The van der Waals surface area contributed by atoms with Gasteiger partial charge in [-0.05, 0) is 24.3 Å². The number of hydrogen-bond acceptors (Lipinski definition) is 4. The van der Waals surface area contributed by atoms with Crippen LogP contribution in [0.4, 0.5) is 9.52 Å². The van der Waals surface area contributed by atoms with Gasteiger partial charge in [0.1, 0.15) is 5.82 Å². The summed E-state index contributed by atoms with van der Waals surface area (Å²) in [4.78, 5) is 14.9. The number of amides is 1. The Morgan fingerprint density at radius 1 is 1.38 bits per heavy atom. The average Bonchev–Trinajstić information content (AvgIpc) is 2.66. The van der Waals surface area contributed by atoms with Gasteiger partial charge in [0.25, 0.3) is 0 Å². The molecule has 4 nitrogen and oxygen atoms in total. The van der Waals surface area contributed by atoms with Crippen LogP contribution < -0.4 is 5.32 Å². The van der Waals surface area contributed by atoms with Crippen LogP contribution in [0.3, 0.4) is 0 Å². The summed E-state index contributed by atoms with van der Waals surface area (Å²) < 4.78 is 16.7. The minimum absolute atomic E-state index is 0.193. The summed E-state index contributed by atoms with van der Waals surface area (Å²) in [6.45, 7) is 1.40. The number of carbonyl (C=O) groups excluding carboxylic acids is 1. The molecule has 0 aliphatic carbocycles. The Labute approximate surface area is 95.3 Å². The Morgan fingerprint density at radius 3 is 2.69 bits per heavy atom. The normalized spacial score (nSPS) is 10.1. The van der Waals surface area contributed by atoms with Gasteiger partial charge in [-0.2, -0.15) is 9.36 Å². The number of anilines is 1. The smallest absolute Gasteiger partial charge is 0.223 e. The number of benzene rings is 1. The lowest BCUT2D eigenvalue weighted by Crippen LogP contribution is -2.04. The van der Waals surface area contributed by atoms with Crippen LogP contribution in [0.25, 0.3) is 11.4 Å². The van der Waals surface area contributed by atoms with Crippen LogP contribution in [0.1, 0.15) is 6.92 Å². The maximum absolute atomic E-state index is 12.7. The first kappa shape index (κ1) is 10.7. The number of halogens is 1. The summed E-state index contributed by atoms with van der Waals surface area (Å²) in [5.41, 5.74) is 0.717. The van der Waals surface area contributed by atoms with Crippen molar-refractivity contribution >= 4 is 22.6 Å². The van der Waals surface area contributed by atoms with E-state index in [2.05, 4.69) is 14.7 Å². The van der Waals surface area contributed by atoms with Gasteiger partial charge in [0.2, 0.25) is 11.0 Å². The van der Waals surface area contributed by atoms with E-state index >= 15 is 0 Å². The lowest BCUT2D eigenvalue weighted by atomic mass is 10.2. The molecule has 0 fully saturated rings. The zero-order valence-corrected chi connectivity index (χ0v) is 9.21. The van der Waals surface area contributed by atoms with Crippen molar-refractivity contribution in [3.8, 4) is 11.4 Å². The summed E-state index contributed by atoms with van der Waals surface area (Å²) in [6.07, 6.45) is 0. The predicted octanol–water partition coefficient (Wildman–Crippen LogP) is 2.30. The van der Waals surface area contributed by atoms with Gasteiger partial charge in [-0.25, -0.2) is 4.39 Å². The van der Waals surface area contributed by atoms with Gasteiger partial charge < -0.3 is 5.32 Å². The molecule has 0 saturated heterocycles. The molecule has 0 aliphatic rings. The van der Waals surface area contributed by atoms with Crippen molar-refractivity contribution in [3.63, 3.8) is 0 Å². The number of nitrogens with zero attached hydrogens (tertiary/aromatic N) is 2. The van der Waals surface area contributed by atoms with Gasteiger partial charge in [-0.15, -0.1) is 0 Å². The van der Waals surface area contributed by atoms with Crippen molar-refractivity contribution in [3.05, 3.63) is 30.1 Å². The maximum atomic E-state index is 12.7. The van der Waals surface area contributed by atoms with Gasteiger partial charge >= 0.3 is 0 Å². The predicted molar refractivity (Wildman–Crippen MR) is 59.6 cm³/mol. The van der Waals surface area contributed by atoms with Crippen LogP contribution >= 0.6 is 11.5 Å². The molecule has 0 saturated carbocycles. The zero-order chi connectivity index (χ0) is 11.5. The Kier molecular flexibility index (Phi) is 2.91. The number of carbonyl (C=O) groups is 1. The number of hydrogen-bond donors (Lipinski definition) is 1. The Morgan fingerprint density at radius 2 is 2.06 bits per heavy atom. The fraction of sp³-hybridized carbons (Fsp3) is 0.100. The summed E-state index contributed by atoms with van der Waals surface area (Å²) in [5, 5.41) is 2.98. The minimum atomic E-state index is -0.305. The molecule has 2 aromatic rings. The van der Waals surface area contributed by atoms with E-state index in [1.807, 2.05) is 0 Å². The molecule has 1 amide bonds. The Balaban J connectivity index is 2.24. The first-order valence-electron chi connectivity index (χ1n) is 4.52. The van der Waals surface area contributed by atoms with E-state index in [0.29, 0.717) is 16.5 Å². The van der Waals surface area contributed by atoms with Crippen molar-refractivity contribution in [2.24, 2.45) is 0 Å². The van der Waals surface area contributed by atoms with Crippen LogP contribution in [-0.2, 0) is 4.79 Å². The third-order valence-electron chi connectivity index (χ3n) is 1.81. The maximum Gasteiger partial charge on any atom is 0.223 e. The summed E-state index contributed by atoms with van der Waals surface area (Å²) in [6, 6.07) is 5.87. The molecule has 1 aromatic carbocycles.